The number of nitrogens with one attached hydrogen (secondary N) is 2. The molecule has 1 saturated heterocycles. The average molecular weight is 487 g/mol. The van der Waals surface area contributed by atoms with Crippen molar-refractivity contribution in [2.45, 2.75) is 42.8 Å². The number of carboxylic acids is 1. The Labute approximate surface area is 202 Å². The van der Waals surface area contributed by atoms with E-state index in [1.54, 1.807) is 0 Å². The molecule has 2 amide bonds. The smallest absolute Gasteiger partial charge is 0.303 e. The molecule has 2 saturated carbocycles. The molecular formula is C25H30N2O6S. The largest absolute Gasteiger partial charge is 0.481 e. The number of ketones is 1. The van der Waals surface area contributed by atoms with Gasteiger partial charge < -0.3 is 20.5 Å². The standard InChI is InChI=1S/C25H30N2O6S/c28-18(13-27-19(29)14-34-15-8-4-3-5-9-15)26-12-17-16(10-6-1-2-7-11-20(30)31)21-23(32)22(17)25-24(21)33-25/h1,3-6,8-9,16-17,21-22,24-25H,2,7,10-14H2,(H,26,28)(H,27,29)(H,30,31)/b6-1-/t16-,17+,21-,22+,24-,25+/m0/s1. The number of hydrogen-bond donors (Lipinski definition) is 3. The van der Waals surface area contributed by atoms with Gasteiger partial charge >= 0.3 is 5.97 Å². The lowest BCUT2D eigenvalue weighted by Crippen LogP contribution is -2.42. The molecule has 1 aliphatic heterocycles. The number of aliphatic carboxylic acids is 1. The van der Waals surface area contributed by atoms with Gasteiger partial charge in [-0.3, -0.25) is 19.2 Å². The minimum atomic E-state index is -0.800. The fourth-order valence-electron chi connectivity index (χ4n) is 5.23. The van der Waals surface area contributed by atoms with Gasteiger partial charge in [-0.2, -0.15) is 0 Å². The number of benzene rings is 1. The Morgan fingerprint density at radius 1 is 1.00 bits per heavy atom. The molecule has 3 aliphatic rings. The number of rotatable bonds is 13. The second-order valence-corrected chi connectivity index (χ2v) is 10.1. The number of amides is 2. The number of allylic oxidation sites excluding steroid dienone is 2. The molecule has 0 aromatic heterocycles. The van der Waals surface area contributed by atoms with Gasteiger partial charge in [-0.15, -0.1) is 11.8 Å². The maximum atomic E-state index is 12.7. The van der Waals surface area contributed by atoms with E-state index in [2.05, 4.69) is 10.6 Å². The maximum Gasteiger partial charge on any atom is 0.303 e. The van der Waals surface area contributed by atoms with Gasteiger partial charge in [0.05, 0.1) is 36.3 Å². The molecule has 1 aromatic carbocycles. The molecule has 9 heteroatoms. The summed E-state index contributed by atoms with van der Waals surface area (Å²) in [5.41, 5.74) is 0. The van der Waals surface area contributed by atoms with Crippen LogP contribution in [0.5, 0.6) is 0 Å². The van der Waals surface area contributed by atoms with Crippen LogP contribution in [-0.4, -0.2) is 59.7 Å². The first-order valence-electron chi connectivity index (χ1n) is 11.7. The molecule has 0 spiro atoms. The van der Waals surface area contributed by atoms with Crippen LogP contribution in [0, 0.1) is 23.7 Å². The van der Waals surface area contributed by atoms with Crippen LogP contribution in [0.15, 0.2) is 47.4 Å². The molecule has 1 heterocycles. The van der Waals surface area contributed by atoms with Crippen LogP contribution < -0.4 is 10.6 Å². The highest BCUT2D eigenvalue weighted by Gasteiger charge is 2.71. The summed E-state index contributed by atoms with van der Waals surface area (Å²) in [4.78, 5) is 48.7. The molecule has 34 heavy (non-hydrogen) atoms. The van der Waals surface area contributed by atoms with E-state index in [9.17, 15) is 19.2 Å². The number of unbranched alkanes of at least 4 members (excludes halogenated alkanes) is 1. The zero-order valence-corrected chi connectivity index (χ0v) is 19.7. The van der Waals surface area contributed by atoms with E-state index in [0.717, 1.165) is 4.90 Å². The SMILES string of the molecule is O=C(O)CCC/C=C\C[C@H]1[C@@H](CNC(=O)CNC(=O)CSc2ccccc2)[C@@H]2C(=O)[C@H]1[C@@H]1O[C@@H]12. The van der Waals surface area contributed by atoms with E-state index in [4.69, 9.17) is 9.84 Å². The number of carbonyl (C=O) groups is 4. The highest BCUT2D eigenvalue weighted by molar-refractivity contribution is 8.00. The van der Waals surface area contributed by atoms with Gasteiger partial charge in [0, 0.05) is 17.9 Å². The van der Waals surface area contributed by atoms with E-state index in [0.29, 0.717) is 25.8 Å². The molecule has 8 nitrogen and oxygen atoms in total. The van der Waals surface area contributed by atoms with Crippen LogP contribution in [0.4, 0.5) is 0 Å². The third-order valence-corrected chi connectivity index (χ3v) is 7.84. The number of fused-ring (bicyclic) bond motifs is 5. The van der Waals surface area contributed by atoms with Crippen LogP contribution in [0.1, 0.15) is 25.7 Å². The molecule has 0 unspecified atom stereocenters. The van der Waals surface area contributed by atoms with Gasteiger partial charge in [0.15, 0.2) is 0 Å². The third kappa shape index (κ3) is 5.88. The quantitative estimate of drug-likeness (QED) is 0.169. The van der Waals surface area contributed by atoms with Crippen molar-refractivity contribution in [3.63, 3.8) is 0 Å². The molecule has 1 aromatic rings. The fourth-order valence-corrected chi connectivity index (χ4v) is 5.98. The van der Waals surface area contributed by atoms with Crippen LogP contribution in [-0.2, 0) is 23.9 Å². The van der Waals surface area contributed by atoms with Crippen molar-refractivity contribution in [3.05, 3.63) is 42.5 Å². The Morgan fingerprint density at radius 2 is 1.74 bits per heavy atom. The lowest BCUT2D eigenvalue weighted by Gasteiger charge is -2.27. The van der Waals surface area contributed by atoms with E-state index in [1.165, 1.54) is 11.8 Å². The summed E-state index contributed by atoms with van der Waals surface area (Å²) < 4.78 is 5.71. The lowest BCUT2D eigenvalue weighted by atomic mass is 9.77. The summed E-state index contributed by atoms with van der Waals surface area (Å²) >= 11 is 1.41. The lowest BCUT2D eigenvalue weighted by molar-refractivity contribution is -0.137. The number of carbonyl (C=O) groups excluding carboxylic acids is 3. The Kier molecular flexibility index (Phi) is 8.05. The molecule has 0 radical (unpaired) electrons. The Bertz CT molecular complexity index is 952. The number of carboxylic acid groups (broad SMARTS) is 1. The number of thioether (sulfide) groups is 1. The molecule has 182 valence electrons. The molecule has 2 bridgehead atoms. The Hall–Kier alpha value is -2.65. The highest BCUT2D eigenvalue weighted by Crippen LogP contribution is 2.60. The van der Waals surface area contributed by atoms with Gasteiger partial charge in [0.1, 0.15) is 5.78 Å². The summed E-state index contributed by atoms with van der Waals surface area (Å²) in [7, 11) is 0. The van der Waals surface area contributed by atoms with Crippen LogP contribution in [0.25, 0.3) is 0 Å². The molecular weight excluding hydrogens is 456 g/mol. The van der Waals surface area contributed by atoms with Crippen LogP contribution >= 0.6 is 11.8 Å². The second-order valence-electron chi connectivity index (χ2n) is 9.02. The molecule has 2 aliphatic carbocycles. The predicted molar refractivity (Wildman–Crippen MR) is 126 cm³/mol. The zero-order chi connectivity index (χ0) is 24.1. The number of epoxide rings is 1. The monoisotopic (exact) mass is 486 g/mol. The molecule has 6 atom stereocenters. The van der Waals surface area contributed by atoms with Crippen molar-refractivity contribution in [3.8, 4) is 0 Å². The topological polar surface area (TPSA) is 125 Å². The van der Waals surface area contributed by atoms with Crippen molar-refractivity contribution in [2.75, 3.05) is 18.8 Å². The summed E-state index contributed by atoms with van der Waals surface area (Å²) in [6.07, 6.45) is 6.14. The minimum Gasteiger partial charge on any atom is -0.481 e. The molecule has 3 fully saturated rings. The number of Topliss-reactive ketones (excluding diaryl/α,β-unsaturated/α-hetero) is 1. The minimum absolute atomic E-state index is 0.00934. The molecule has 3 N–H and O–H groups in total. The molecule has 4 rings (SSSR count). The van der Waals surface area contributed by atoms with Crippen molar-refractivity contribution >= 4 is 35.3 Å². The van der Waals surface area contributed by atoms with E-state index >= 15 is 0 Å². The number of hydrogen-bond acceptors (Lipinski definition) is 6. The van der Waals surface area contributed by atoms with Gasteiger partial charge in [-0.25, -0.2) is 0 Å². The number of ether oxygens (including phenoxy) is 1. The van der Waals surface area contributed by atoms with Crippen molar-refractivity contribution in [1.29, 1.82) is 0 Å². The van der Waals surface area contributed by atoms with Gasteiger partial charge in [0.2, 0.25) is 11.8 Å². The first kappa shape index (κ1) is 24.5. The Balaban J connectivity index is 1.21. The summed E-state index contributed by atoms with van der Waals surface area (Å²) in [6.45, 7) is 0.282. The van der Waals surface area contributed by atoms with Crippen molar-refractivity contribution < 1.29 is 29.0 Å². The fraction of sp³-hybridized carbons (Fsp3) is 0.520. The summed E-state index contributed by atoms with van der Waals surface area (Å²) in [5, 5.41) is 14.3. The zero-order valence-electron chi connectivity index (χ0n) is 18.9. The summed E-state index contributed by atoms with van der Waals surface area (Å²) in [5.74, 6) is -0.967. The normalized spacial score (nSPS) is 28.6. The van der Waals surface area contributed by atoms with Gasteiger partial charge in [0.25, 0.3) is 0 Å². The highest BCUT2D eigenvalue weighted by atomic mass is 32.2. The van der Waals surface area contributed by atoms with Crippen LogP contribution in [0.2, 0.25) is 0 Å². The van der Waals surface area contributed by atoms with E-state index in [1.807, 2.05) is 42.5 Å². The van der Waals surface area contributed by atoms with E-state index < -0.39 is 5.97 Å². The van der Waals surface area contributed by atoms with Crippen molar-refractivity contribution in [1.82, 2.24) is 10.6 Å². The van der Waals surface area contributed by atoms with Crippen LogP contribution in [0.3, 0.4) is 0 Å². The maximum absolute atomic E-state index is 12.7. The van der Waals surface area contributed by atoms with Gasteiger partial charge in [-0.05, 0) is 43.2 Å². The third-order valence-electron chi connectivity index (χ3n) is 6.83. The second kappa shape index (κ2) is 11.2. The van der Waals surface area contributed by atoms with E-state index in [-0.39, 0.29) is 72.2 Å². The van der Waals surface area contributed by atoms with Gasteiger partial charge in [-0.1, -0.05) is 30.4 Å². The first-order chi connectivity index (χ1) is 16.5. The van der Waals surface area contributed by atoms with Crippen molar-refractivity contribution in [2.24, 2.45) is 23.7 Å². The predicted octanol–water partition coefficient (Wildman–Crippen LogP) is 2.04. The first-order valence-corrected chi connectivity index (χ1v) is 12.7. The Morgan fingerprint density at radius 3 is 2.47 bits per heavy atom. The average Bonchev–Trinajstić information content (AvgIpc) is 3.50. The summed E-state index contributed by atoms with van der Waals surface area (Å²) in [6, 6.07) is 9.59.